The van der Waals surface area contributed by atoms with Crippen molar-refractivity contribution in [3.05, 3.63) is 0 Å². The third kappa shape index (κ3) is 8.29. The molecule has 0 aliphatic carbocycles. The van der Waals surface area contributed by atoms with Gasteiger partial charge in [0.1, 0.15) is 0 Å². The summed E-state index contributed by atoms with van der Waals surface area (Å²) in [6.07, 6.45) is 2.12. The first-order chi connectivity index (χ1) is 4.16. The van der Waals surface area contributed by atoms with Crippen molar-refractivity contribution >= 4 is 17.7 Å². The van der Waals surface area contributed by atoms with Gasteiger partial charge in [-0.15, -0.1) is 11.8 Å². The van der Waals surface area contributed by atoms with Gasteiger partial charge in [-0.05, 0) is 12.7 Å². The third-order valence-electron chi connectivity index (χ3n) is 0.877. The van der Waals surface area contributed by atoms with Crippen molar-refractivity contribution < 1.29 is 31.8 Å². The number of hydrogen-bond donors (Lipinski definition) is 2. The van der Waals surface area contributed by atoms with Gasteiger partial charge >= 0.3 is 5.97 Å². The number of aliphatic hydroxyl groups is 1. The van der Waals surface area contributed by atoms with E-state index in [1.165, 1.54) is 11.8 Å². The molecule has 0 aliphatic rings. The fraction of sp³-hybridized carbons (Fsp3) is 0.800. The summed E-state index contributed by atoms with van der Waals surface area (Å²) in [6.45, 7) is 0. The molecule has 1 unspecified atom stereocenters. The zero-order valence-electron chi connectivity index (χ0n) is 5.54. The Kier molecular flexibility index (Phi) is 9.55. The number of thioether (sulfide) groups is 1. The monoisotopic (exact) mass is 209 g/mol. The van der Waals surface area contributed by atoms with Crippen molar-refractivity contribution in [2.24, 2.45) is 0 Å². The van der Waals surface area contributed by atoms with Crippen LogP contribution in [-0.4, -0.2) is 27.9 Å². The van der Waals surface area contributed by atoms with Gasteiger partial charge in [0, 0.05) is 23.2 Å². The number of carboxylic acids is 1. The van der Waals surface area contributed by atoms with Gasteiger partial charge in [-0.25, -0.2) is 0 Å². The molecule has 0 saturated heterocycles. The number of aliphatic carboxylic acids is 1. The maximum atomic E-state index is 9.90. The van der Waals surface area contributed by atoms with Crippen molar-refractivity contribution in [2.45, 2.75) is 18.3 Å². The predicted molar refractivity (Wildman–Crippen MR) is 36.4 cm³/mol. The second-order valence-electron chi connectivity index (χ2n) is 1.62. The number of carboxylic acid groups (broad SMARTS) is 1. The fourth-order valence-corrected chi connectivity index (χ4v) is 0.718. The van der Waals surface area contributed by atoms with Gasteiger partial charge in [-0.2, -0.15) is 0 Å². The first-order valence-corrected chi connectivity index (χ1v) is 3.88. The standard InChI is InChI=1S/C5H10O3S.Co/c1-9-5(8)3-2-4(6)7;/h5,8H,2-3H2,1H3,(H,6,7);. The molecule has 2 N–H and O–H groups in total. The minimum atomic E-state index is -0.858. The summed E-state index contributed by atoms with van der Waals surface area (Å²) in [5.74, 6) is -0.858. The van der Waals surface area contributed by atoms with Crippen LogP contribution in [0.2, 0.25) is 0 Å². The zero-order chi connectivity index (χ0) is 7.28. The molecule has 0 spiro atoms. The maximum absolute atomic E-state index is 9.90. The van der Waals surface area contributed by atoms with Gasteiger partial charge in [0.25, 0.3) is 0 Å². The summed E-state index contributed by atoms with van der Waals surface area (Å²) in [7, 11) is 0. The number of rotatable bonds is 4. The van der Waals surface area contributed by atoms with Crippen LogP contribution in [0.1, 0.15) is 12.8 Å². The molecule has 0 aliphatic heterocycles. The summed E-state index contributed by atoms with van der Waals surface area (Å²) < 4.78 is 0. The zero-order valence-corrected chi connectivity index (χ0v) is 7.39. The van der Waals surface area contributed by atoms with Crippen molar-refractivity contribution in [1.29, 1.82) is 0 Å². The molecule has 10 heavy (non-hydrogen) atoms. The van der Waals surface area contributed by atoms with Crippen molar-refractivity contribution in [3.8, 4) is 0 Å². The van der Waals surface area contributed by atoms with Crippen LogP contribution >= 0.6 is 11.8 Å². The Morgan fingerprint density at radius 3 is 2.50 bits per heavy atom. The van der Waals surface area contributed by atoms with Gasteiger partial charge < -0.3 is 10.2 Å². The van der Waals surface area contributed by atoms with Crippen LogP contribution in [0.25, 0.3) is 0 Å². The number of aliphatic hydroxyl groups excluding tert-OH is 1. The molecule has 0 heterocycles. The van der Waals surface area contributed by atoms with Gasteiger partial charge in [0.2, 0.25) is 0 Å². The van der Waals surface area contributed by atoms with E-state index in [4.69, 9.17) is 10.2 Å². The van der Waals surface area contributed by atoms with E-state index in [2.05, 4.69) is 0 Å². The Bertz CT molecular complexity index is 98.9. The molecule has 0 saturated carbocycles. The molecule has 0 amide bonds. The number of carbonyl (C=O) groups is 1. The van der Waals surface area contributed by atoms with Crippen LogP contribution in [0.15, 0.2) is 0 Å². The van der Waals surface area contributed by atoms with Crippen LogP contribution in [0.4, 0.5) is 0 Å². The minimum Gasteiger partial charge on any atom is -0.481 e. The smallest absolute Gasteiger partial charge is 0.303 e. The van der Waals surface area contributed by atoms with E-state index < -0.39 is 11.4 Å². The third-order valence-corrected chi connectivity index (χ3v) is 1.66. The van der Waals surface area contributed by atoms with E-state index in [0.717, 1.165) is 0 Å². The first-order valence-electron chi connectivity index (χ1n) is 2.59. The molecule has 1 radical (unpaired) electrons. The van der Waals surface area contributed by atoms with Gasteiger partial charge in [0.15, 0.2) is 0 Å². The molecule has 0 fully saturated rings. The molecular formula is C5H10CoO3S. The van der Waals surface area contributed by atoms with E-state index in [1.807, 2.05) is 0 Å². The molecular weight excluding hydrogens is 199 g/mol. The molecule has 3 nitrogen and oxygen atoms in total. The summed E-state index contributed by atoms with van der Waals surface area (Å²) in [6, 6.07) is 0. The van der Waals surface area contributed by atoms with E-state index in [0.29, 0.717) is 6.42 Å². The second kappa shape index (κ2) is 7.39. The van der Waals surface area contributed by atoms with Crippen molar-refractivity contribution in [3.63, 3.8) is 0 Å². The molecule has 0 aromatic carbocycles. The molecule has 0 aromatic rings. The normalized spacial score (nSPS) is 11.8. The van der Waals surface area contributed by atoms with Gasteiger partial charge in [-0.1, -0.05) is 0 Å². The Morgan fingerprint density at radius 2 is 2.20 bits per heavy atom. The first kappa shape index (κ1) is 12.9. The van der Waals surface area contributed by atoms with E-state index in [9.17, 15) is 4.79 Å². The number of hydrogen-bond acceptors (Lipinski definition) is 3. The summed E-state index contributed by atoms with van der Waals surface area (Å²) in [5, 5.41) is 16.9. The fourth-order valence-electron chi connectivity index (χ4n) is 0.365. The largest absolute Gasteiger partial charge is 0.481 e. The Balaban J connectivity index is 0. The van der Waals surface area contributed by atoms with Gasteiger partial charge in [-0.3, -0.25) is 4.79 Å². The van der Waals surface area contributed by atoms with Crippen LogP contribution in [0, 0.1) is 0 Å². The second-order valence-corrected chi connectivity index (χ2v) is 2.64. The Hall–Kier alpha value is 0.286. The summed E-state index contributed by atoms with van der Waals surface area (Å²) >= 11 is 1.26. The average molecular weight is 209 g/mol. The molecule has 63 valence electrons. The van der Waals surface area contributed by atoms with E-state index >= 15 is 0 Å². The Labute approximate surface area is 74.4 Å². The topological polar surface area (TPSA) is 57.5 Å². The van der Waals surface area contributed by atoms with E-state index in [-0.39, 0.29) is 23.2 Å². The van der Waals surface area contributed by atoms with Crippen molar-refractivity contribution in [1.82, 2.24) is 0 Å². The van der Waals surface area contributed by atoms with E-state index in [1.54, 1.807) is 6.26 Å². The predicted octanol–water partition coefficient (Wildman–Crippen LogP) is 0.530. The molecule has 0 aromatic heterocycles. The molecule has 0 rings (SSSR count). The maximum Gasteiger partial charge on any atom is 0.303 e. The summed E-state index contributed by atoms with van der Waals surface area (Å²) in [4.78, 5) is 9.90. The van der Waals surface area contributed by atoms with Crippen LogP contribution < -0.4 is 0 Å². The van der Waals surface area contributed by atoms with Crippen LogP contribution in [0.5, 0.6) is 0 Å². The molecule has 1 atom stereocenters. The van der Waals surface area contributed by atoms with Gasteiger partial charge in [0.05, 0.1) is 5.44 Å². The summed E-state index contributed by atoms with van der Waals surface area (Å²) in [5.41, 5.74) is -0.527. The SMILES string of the molecule is CSC(O)CCC(=O)O.[Co]. The molecule has 0 bridgehead atoms. The Morgan fingerprint density at radius 1 is 1.70 bits per heavy atom. The van der Waals surface area contributed by atoms with Crippen molar-refractivity contribution in [2.75, 3.05) is 6.26 Å². The average Bonchev–Trinajstić information content (AvgIpc) is 1.83. The molecule has 5 heteroatoms. The minimum absolute atomic E-state index is 0. The quantitative estimate of drug-likeness (QED) is 0.663. The van der Waals surface area contributed by atoms with Crippen LogP contribution in [0.3, 0.4) is 0 Å². The van der Waals surface area contributed by atoms with Crippen LogP contribution in [-0.2, 0) is 21.6 Å².